The van der Waals surface area contributed by atoms with Crippen molar-refractivity contribution >= 4 is 11.9 Å². The molecule has 2 aliphatic heterocycles. The lowest BCUT2D eigenvalue weighted by Gasteiger charge is -2.28. The van der Waals surface area contributed by atoms with Crippen molar-refractivity contribution in [2.24, 2.45) is 0 Å². The van der Waals surface area contributed by atoms with Crippen LogP contribution in [0.2, 0.25) is 0 Å². The van der Waals surface area contributed by atoms with Gasteiger partial charge in [0.15, 0.2) is 23.0 Å². The molecule has 2 heterocycles. The molecule has 0 bridgehead atoms. The van der Waals surface area contributed by atoms with Crippen LogP contribution in [0, 0.1) is 6.92 Å². The first-order valence-electron chi connectivity index (χ1n) is 17.0. The summed E-state index contributed by atoms with van der Waals surface area (Å²) in [5.74, 6) is -1.85. The standard InChI is InChI=1S/C23H20O5.C21H16O5/c1-15-18(22(24)26-3)14-19(25-2)21-20(15)27-23(28-21,16-10-6-4-7-11-16)17-12-8-5-9-13-17;1-24-20(23)14-12-17(22)19-18(13-14)25-21(26-19,15-8-4-2-5-9-15)16-10-6-3-7-11-16/h4-14H,1-3H3;2-13,22H,1H3. The van der Waals surface area contributed by atoms with E-state index in [1.807, 2.05) is 121 Å². The lowest BCUT2D eigenvalue weighted by molar-refractivity contribution is -0.0471. The van der Waals surface area contributed by atoms with Gasteiger partial charge in [0, 0.05) is 27.8 Å². The minimum atomic E-state index is -1.25. The van der Waals surface area contributed by atoms with E-state index in [1.54, 1.807) is 13.0 Å². The molecule has 8 rings (SSSR count). The van der Waals surface area contributed by atoms with Crippen LogP contribution in [0.5, 0.6) is 34.5 Å². The molecule has 54 heavy (non-hydrogen) atoms. The summed E-state index contributed by atoms with van der Waals surface area (Å²) in [5, 5.41) is 10.4. The summed E-state index contributed by atoms with van der Waals surface area (Å²) >= 11 is 0. The molecule has 0 amide bonds. The number of carbonyl (C=O) groups is 2. The monoisotopic (exact) mass is 724 g/mol. The third-order valence-corrected chi connectivity index (χ3v) is 9.14. The van der Waals surface area contributed by atoms with Gasteiger partial charge in [-0.3, -0.25) is 0 Å². The Morgan fingerprint density at radius 2 is 0.963 bits per heavy atom. The highest BCUT2D eigenvalue weighted by molar-refractivity contribution is 5.93. The Bertz CT molecular complexity index is 2210. The van der Waals surface area contributed by atoms with Crippen molar-refractivity contribution < 1.29 is 47.9 Å². The van der Waals surface area contributed by atoms with Crippen LogP contribution in [-0.4, -0.2) is 38.4 Å². The van der Waals surface area contributed by atoms with Crippen LogP contribution in [0.1, 0.15) is 48.5 Å². The van der Waals surface area contributed by atoms with Gasteiger partial charge >= 0.3 is 23.5 Å². The Labute approximate surface area is 312 Å². The summed E-state index contributed by atoms with van der Waals surface area (Å²) in [6.07, 6.45) is 0. The third kappa shape index (κ3) is 6.17. The normalized spacial score (nSPS) is 13.9. The van der Waals surface area contributed by atoms with E-state index in [4.69, 9.17) is 33.2 Å². The summed E-state index contributed by atoms with van der Waals surface area (Å²) in [4.78, 5) is 24.1. The minimum Gasteiger partial charge on any atom is -0.504 e. The second-order valence-electron chi connectivity index (χ2n) is 12.3. The summed E-state index contributed by atoms with van der Waals surface area (Å²) in [6, 6.07) is 42.7. The lowest BCUT2D eigenvalue weighted by atomic mass is 9.97. The first-order valence-corrected chi connectivity index (χ1v) is 17.0. The molecule has 0 saturated carbocycles. The minimum absolute atomic E-state index is 0.184. The van der Waals surface area contributed by atoms with Gasteiger partial charge in [-0.25, -0.2) is 9.59 Å². The molecule has 2 aliphatic rings. The van der Waals surface area contributed by atoms with E-state index in [9.17, 15) is 14.7 Å². The van der Waals surface area contributed by atoms with Crippen LogP contribution in [-0.2, 0) is 21.0 Å². The number of hydrogen-bond acceptors (Lipinski definition) is 10. The zero-order valence-electron chi connectivity index (χ0n) is 29.9. The van der Waals surface area contributed by atoms with E-state index in [0.717, 1.165) is 22.3 Å². The van der Waals surface area contributed by atoms with Crippen molar-refractivity contribution in [1.82, 2.24) is 0 Å². The molecule has 0 spiro atoms. The molecule has 6 aromatic carbocycles. The third-order valence-electron chi connectivity index (χ3n) is 9.14. The fourth-order valence-electron chi connectivity index (χ4n) is 6.47. The first-order chi connectivity index (χ1) is 26.2. The predicted octanol–water partition coefficient (Wildman–Crippen LogP) is 8.31. The van der Waals surface area contributed by atoms with Crippen molar-refractivity contribution in [3.63, 3.8) is 0 Å². The van der Waals surface area contributed by atoms with E-state index < -0.39 is 23.5 Å². The number of phenols is 1. The maximum Gasteiger partial charge on any atom is 0.338 e. The molecule has 0 unspecified atom stereocenters. The highest BCUT2D eigenvalue weighted by atomic mass is 16.7. The van der Waals surface area contributed by atoms with Crippen molar-refractivity contribution in [2.45, 2.75) is 18.5 Å². The number of rotatable bonds is 7. The average Bonchev–Trinajstić information content (AvgIpc) is 3.85. The molecule has 1 N–H and O–H groups in total. The quantitative estimate of drug-likeness (QED) is 0.161. The molecular formula is C44H36O10. The van der Waals surface area contributed by atoms with Crippen molar-refractivity contribution in [1.29, 1.82) is 0 Å². The summed E-state index contributed by atoms with van der Waals surface area (Å²) in [5.41, 5.74) is 4.39. The molecule has 0 aliphatic carbocycles. The van der Waals surface area contributed by atoms with Gasteiger partial charge in [-0.2, -0.15) is 0 Å². The predicted molar refractivity (Wildman–Crippen MR) is 198 cm³/mol. The number of aromatic hydroxyl groups is 1. The largest absolute Gasteiger partial charge is 0.504 e. The Kier molecular flexibility index (Phi) is 9.58. The molecule has 6 aromatic rings. The second kappa shape index (κ2) is 14.6. The van der Waals surface area contributed by atoms with Crippen LogP contribution in [0.3, 0.4) is 0 Å². The zero-order valence-corrected chi connectivity index (χ0v) is 29.9. The van der Waals surface area contributed by atoms with Crippen LogP contribution in [0.15, 0.2) is 140 Å². The summed E-state index contributed by atoms with van der Waals surface area (Å²) < 4.78 is 40.4. The number of ether oxygens (including phenoxy) is 7. The molecular weight excluding hydrogens is 688 g/mol. The Morgan fingerprint density at radius 1 is 0.537 bits per heavy atom. The van der Waals surface area contributed by atoms with Crippen molar-refractivity contribution in [3.05, 3.63) is 178 Å². The fraction of sp³-hybridized carbons (Fsp3) is 0.136. The molecule has 272 valence electrons. The number of phenolic OH excluding ortho intramolecular Hbond substituents is 1. The molecule has 10 nitrogen and oxygen atoms in total. The van der Waals surface area contributed by atoms with Gasteiger partial charge < -0.3 is 38.3 Å². The van der Waals surface area contributed by atoms with E-state index >= 15 is 0 Å². The number of esters is 2. The van der Waals surface area contributed by atoms with Crippen LogP contribution >= 0.6 is 0 Å². The van der Waals surface area contributed by atoms with Crippen LogP contribution < -0.4 is 23.7 Å². The Balaban J connectivity index is 0.000000167. The van der Waals surface area contributed by atoms with Crippen molar-refractivity contribution in [3.8, 4) is 34.5 Å². The van der Waals surface area contributed by atoms with Crippen LogP contribution in [0.4, 0.5) is 0 Å². The second-order valence-corrected chi connectivity index (χ2v) is 12.3. The molecule has 0 fully saturated rings. The van der Waals surface area contributed by atoms with E-state index in [2.05, 4.69) is 0 Å². The number of hydrogen-bond donors (Lipinski definition) is 1. The van der Waals surface area contributed by atoms with Gasteiger partial charge in [0.05, 0.1) is 32.5 Å². The Morgan fingerprint density at radius 3 is 1.41 bits per heavy atom. The highest BCUT2D eigenvalue weighted by Crippen LogP contribution is 2.55. The summed E-state index contributed by atoms with van der Waals surface area (Å²) in [6.45, 7) is 1.81. The maximum atomic E-state index is 12.2. The highest BCUT2D eigenvalue weighted by Gasteiger charge is 2.49. The fourth-order valence-corrected chi connectivity index (χ4v) is 6.47. The SMILES string of the molecule is COC(=O)c1cc(O)c2c(c1)OC(c1ccccc1)(c1ccccc1)O2.COC(=O)c1cc(OC)c2c(c1C)OC(c1ccccc1)(c1ccccc1)O2. The van der Waals surface area contributed by atoms with Crippen LogP contribution in [0.25, 0.3) is 0 Å². The molecule has 0 radical (unpaired) electrons. The van der Waals surface area contributed by atoms with Crippen molar-refractivity contribution in [2.75, 3.05) is 21.3 Å². The zero-order chi connectivity index (χ0) is 37.9. The Hall–Kier alpha value is -6.94. The number of fused-ring (bicyclic) bond motifs is 2. The van der Waals surface area contributed by atoms with Gasteiger partial charge in [0.25, 0.3) is 0 Å². The van der Waals surface area contributed by atoms with Gasteiger partial charge in [-0.15, -0.1) is 0 Å². The van der Waals surface area contributed by atoms with E-state index in [-0.39, 0.29) is 22.8 Å². The number of methoxy groups -OCH3 is 3. The number of carbonyl (C=O) groups excluding carboxylic acids is 2. The first kappa shape index (κ1) is 35.5. The van der Waals surface area contributed by atoms with E-state index in [0.29, 0.717) is 28.4 Å². The molecule has 0 saturated heterocycles. The average molecular weight is 725 g/mol. The maximum absolute atomic E-state index is 12.2. The molecule has 0 atom stereocenters. The van der Waals surface area contributed by atoms with Gasteiger partial charge in [0.1, 0.15) is 0 Å². The number of benzene rings is 6. The molecule has 10 heteroatoms. The molecule has 0 aromatic heterocycles. The van der Waals surface area contributed by atoms with Gasteiger partial charge in [-0.05, 0) is 25.1 Å². The summed E-state index contributed by atoms with van der Waals surface area (Å²) in [7, 11) is 4.15. The smallest absolute Gasteiger partial charge is 0.338 e. The topological polar surface area (TPSA) is 119 Å². The van der Waals surface area contributed by atoms with E-state index in [1.165, 1.54) is 33.5 Å². The lowest BCUT2D eigenvalue weighted by Crippen LogP contribution is -2.36. The van der Waals surface area contributed by atoms with Gasteiger partial charge in [-0.1, -0.05) is 121 Å². The van der Waals surface area contributed by atoms with Gasteiger partial charge in [0.2, 0.25) is 11.5 Å².